The standard InChI is InChI=1S/C13H29NO/c1-3-4-5-6-7-8-9-10-11-15-12-13(2)14/h13H,3-12,14H2,1-2H3/t13-/m0/s1. The molecule has 0 bridgehead atoms. The molecular formula is C13H29NO. The summed E-state index contributed by atoms with van der Waals surface area (Å²) in [5, 5.41) is 0. The summed E-state index contributed by atoms with van der Waals surface area (Å²) in [5.41, 5.74) is 5.58. The predicted octanol–water partition coefficient (Wildman–Crippen LogP) is 3.49. The SMILES string of the molecule is CCCCCCCCCCOC[C@H](C)N. The number of hydrogen-bond acceptors (Lipinski definition) is 2. The Kier molecular flexibility index (Phi) is 11.9. The van der Waals surface area contributed by atoms with E-state index < -0.39 is 0 Å². The zero-order valence-electron chi connectivity index (χ0n) is 10.6. The molecule has 1 atom stereocenters. The lowest BCUT2D eigenvalue weighted by molar-refractivity contribution is 0.120. The fourth-order valence-corrected chi connectivity index (χ4v) is 1.61. The first kappa shape index (κ1) is 14.9. The van der Waals surface area contributed by atoms with Crippen molar-refractivity contribution in [2.45, 2.75) is 71.3 Å². The van der Waals surface area contributed by atoms with Gasteiger partial charge in [0.25, 0.3) is 0 Å². The summed E-state index contributed by atoms with van der Waals surface area (Å²) >= 11 is 0. The van der Waals surface area contributed by atoms with Crippen molar-refractivity contribution in [3.63, 3.8) is 0 Å². The lowest BCUT2D eigenvalue weighted by Crippen LogP contribution is -2.22. The second-order valence-electron chi connectivity index (χ2n) is 4.53. The van der Waals surface area contributed by atoms with E-state index in [1.54, 1.807) is 0 Å². The Morgan fingerprint density at radius 2 is 1.47 bits per heavy atom. The third kappa shape index (κ3) is 13.9. The molecule has 0 aromatic heterocycles. The van der Waals surface area contributed by atoms with Gasteiger partial charge in [0.2, 0.25) is 0 Å². The Morgan fingerprint density at radius 1 is 0.933 bits per heavy atom. The molecule has 0 spiro atoms. The third-order valence-electron chi connectivity index (χ3n) is 2.52. The van der Waals surface area contributed by atoms with E-state index in [0.717, 1.165) is 6.61 Å². The zero-order valence-corrected chi connectivity index (χ0v) is 10.6. The molecule has 0 aliphatic carbocycles. The molecule has 2 heteroatoms. The average Bonchev–Trinajstić information content (AvgIpc) is 2.20. The highest BCUT2D eigenvalue weighted by Gasteiger charge is 1.94. The highest BCUT2D eigenvalue weighted by atomic mass is 16.5. The smallest absolute Gasteiger partial charge is 0.0614 e. The molecular weight excluding hydrogens is 186 g/mol. The summed E-state index contributed by atoms with van der Waals surface area (Å²) in [6.07, 6.45) is 10.8. The van der Waals surface area contributed by atoms with Gasteiger partial charge >= 0.3 is 0 Å². The molecule has 0 saturated heterocycles. The zero-order chi connectivity index (χ0) is 11.4. The number of hydrogen-bond donors (Lipinski definition) is 1. The quantitative estimate of drug-likeness (QED) is 0.535. The maximum absolute atomic E-state index is 5.58. The molecule has 0 amide bonds. The fraction of sp³-hybridized carbons (Fsp3) is 1.00. The van der Waals surface area contributed by atoms with Crippen molar-refractivity contribution in [2.75, 3.05) is 13.2 Å². The van der Waals surface area contributed by atoms with Crippen molar-refractivity contribution in [1.82, 2.24) is 0 Å². The minimum absolute atomic E-state index is 0.180. The van der Waals surface area contributed by atoms with Gasteiger partial charge in [-0.15, -0.1) is 0 Å². The van der Waals surface area contributed by atoms with Crippen molar-refractivity contribution in [1.29, 1.82) is 0 Å². The van der Waals surface area contributed by atoms with Gasteiger partial charge in [-0.3, -0.25) is 0 Å². The van der Waals surface area contributed by atoms with Gasteiger partial charge in [0.1, 0.15) is 0 Å². The van der Waals surface area contributed by atoms with Crippen LogP contribution in [0.5, 0.6) is 0 Å². The Balaban J connectivity index is 2.87. The normalized spacial score (nSPS) is 13.0. The van der Waals surface area contributed by atoms with Crippen molar-refractivity contribution < 1.29 is 4.74 Å². The van der Waals surface area contributed by atoms with Crippen LogP contribution in [0.2, 0.25) is 0 Å². The van der Waals surface area contributed by atoms with Gasteiger partial charge in [-0.1, -0.05) is 51.9 Å². The Labute approximate surface area is 95.6 Å². The molecule has 0 saturated carbocycles. The summed E-state index contributed by atoms with van der Waals surface area (Å²) < 4.78 is 5.42. The second-order valence-corrected chi connectivity index (χ2v) is 4.53. The van der Waals surface area contributed by atoms with Crippen molar-refractivity contribution in [2.24, 2.45) is 5.73 Å². The van der Waals surface area contributed by atoms with Gasteiger partial charge in [0.05, 0.1) is 6.61 Å². The number of rotatable bonds is 11. The third-order valence-corrected chi connectivity index (χ3v) is 2.52. The molecule has 15 heavy (non-hydrogen) atoms. The van der Waals surface area contributed by atoms with Gasteiger partial charge in [-0.2, -0.15) is 0 Å². The van der Waals surface area contributed by atoms with E-state index in [2.05, 4.69) is 6.92 Å². The molecule has 0 aliphatic rings. The lowest BCUT2D eigenvalue weighted by atomic mass is 10.1. The fourth-order valence-electron chi connectivity index (χ4n) is 1.61. The number of ether oxygens (including phenoxy) is 1. The van der Waals surface area contributed by atoms with E-state index >= 15 is 0 Å². The van der Waals surface area contributed by atoms with E-state index in [9.17, 15) is 0 Å². The van der Waals surface area contributed by atoms with Gasteiger partial charge in [0.15, 0.2) is 0 Å². The predicted molar refractivity (Wildman–Crippen MR) is 67.1 cm³/mol. The molecule has 0 aliphatic heterocycles. The summed E-state index contributed by atoms with van der Waals surface area (Å²) in [5.74, 6) is 0. The molecule has 0 aromatic carbocycles. The lowest BCUT2D eigenvalue weighted by Gasteiger charge is -2.06. The van der Waals surface area contributed by atoms with Gasteiger partial charge in [0, 0.05) is 12.6 Å². The van der Waals surface area contributed by atoms with Gasteiger partial charge in [-0.25, -0.2) is 0 Å². The molecule has 0 fully saturated rings. The maximum atomic E-state index is 5.58. The van der Waals surface area contributed by atoms with E-state index in [1.165, 1.54) is 51.4 Å². The molecule has 2 nitrogen and oxygen atoms in total. The molecule has 92 valence electrons. The molecule has 0 heterocycles. The van der Waals surface area contributed by atoms with E-state index in [1.807, 2.05) is 6.92 Å². The summed E-state index contributed by atoms with van der Waals surface area (Å²) in [6, 6.07) is 0.180. The second kappa shape index (κ2) is 12.0. The van der Waals surface area contributed by atoms with Crippen molar-refractivity contribution >= 4 is 0 Å². The minimum atomic E-state index is 0.180. The summed E-state index contributed by atoms with van der Waals surface area (Å²) in [4.78, 5) is 0. The highest BCUT2D eigenvalue weighted by molar-refractivity contribution is 4.49. The number of unbranched alkanes of at least 4 members (excludes halogenated alkanes) is 7. The first-order valence-corrected chi connectivity index (χ1v) is 6.60. The van der Waals surface area contributed by atoms with Crippen LogP contribution in [-0.2, 0) is 4.74 Å². The van der Waals surface area contributed by atoms with Crippen LogP contribution >= 0.6 is 0 Å². The summed E-state index contributed by atoms with van der Waals surface area (Å²) in [6.45, 7) is 5.83. The van der Waals surface area contributed by atoms with Crippen LogP contribution in [-0.4, -0.2) is 19.3 Å². The van der Waals surface area contributed by atoms with Crippen LogP contribution in [0.1, 0.15) is 65.2 Å². The Hall–Kier alpha value is -0.0800. The summed E-state index contributed by atoms with van der Waals surface area (Å²) in [7, 11) is 0. The van der Waals surface area contributed by atoms with Crippen molar-refractivity contribution in [3.8, 4) is 0 Å². The van der Waals surface area contributed by atoms with Crippen LogP contribution in [0.15, 0.2) is 0 Å². The topological polar surface area (TPSA) is 35.2 Å². The van der Waals surface area contributed by atoms with Crippen LogP contribution in [0.4, 0.5) is 0 Å². The molecule has 0 unspecified atom stereocenters. The van der Waals surface area contributed by atoms with Crippen LogP contribution in [0.25, 0.3) is 0 Å². The molecule has 0 radical (unpaired) electrons. The van der Waals surface area contributed by atoms with E-state index in [0.29, 0.717) is 6.61 Å². The highest BCUT2D eigenvalue weighted by Crippen LogP contribution is 2.08. The number of nitrogens with two attached hydrogens (primary N) is 1. The largest absolute Gasteiger partial charge is 0.380 e. The molecule has 0 rings (SSSR count). The Morgan fingerprint density at radius 3 is 2.00 bits per heavy atom. The van der Waals surface area contributed by atoms with Gasteiger partial charge in [-0.05, 0) is 13.3 Å². The van der Waals surface area contributed by atoms with E-state index in [-0.39, 0.29) is 6.04 Å². The monoisotopic (exact) mass is 215 g/mol. The van der Waals surface area contributed by atoms with Crippen molar-refractivity contribution in [3.05, 3.63) is 0 Å². The van der Waals surface area contributed by atoms with Crippen LogP contribution < -0.4 is 5.73 Å². The van der Waals surface area contributed by atoms with Crippen LogP contribution in [0.3, 0.4) is 0 Å². The maximum Gasteiger partial charge on any atom is 0.0614 e. The molecule has 0 aromatic rings. The van der Waals surface area contributed by atoms with Crippen LogP contribution in [0, 0.1) is 0 Å². The van der Waals surface area contributed by atoms with Gasteiger partial charge < -0.3 is 10.5 Å². The Bertz CT molecular complexity index is 115. The first-order chi connectivity index (χ1) is 7.27. The molecule has 2 N–H and O–H groups in total. The first-order valence-electron chi connectivity index (χ1n) is 6.60. The van der Waals surface area contributed by atoms with E-state index in [4.69, 9.17) is 10.5 Å². The minimum Gasteiger partial charge on any atom is -0.380 e. The average molecular weight is 215 g/mol.